The SMILES string of the molecule is O=C(O)C1CCN(CCc2cccc(Br)c2)CC1. The third kappa shape index (κ3) is 3.82. The van der Waals surface area contributed by atoms with E-state index in [9.17, 15) is 4.79 Å². The Balaban J connectivity index is 1.77. The Morgan fingerprint density at radius 2 is 2.11 bits per heavy atom. The molecule has 1 aromatic rings. The van der Waals surface area contributed by atoms with Gasteiger partial charge in [-0.1, -0.05) is 28.1 Å². The quantitative estimate of drug-likeness (QED) is 0.929. The summed E-state index contributed by atoms with van der Waals surface area (Å²) < 4.78 is 1.12. The monoisotopic (exact) mass is 311 g/mol. The number of nitrogens with zero attached hydrogens (tertiary/aromatic N) is 1. The highest BCUT2D eigenvalue weighted by atomic mass is 79.9. The van der Waals surface area contributed by atoms with E-state index in [-0.39, 0.29) is 5.92 Å². The number of piperidine rings is 1. The van der Waals surface area contributed by atoms with Crippen LogP contribution in [0.25, 0.3) is 0 Å². The second-order valence-corrected chi connectivity index (χ2v) is 5.75. The summed E-state index contributed by atoms with van der Waals surface area (Å²) in [5.74, 6) is -0.770. The Morgan fingerprint density at radius 1 is 1.39 bits per heavy atom. The number of carbonyl (C=O) groups is 1. The van der Waals surface area contributed by atoms with Crippen LogP contribution in [-0.2, 0) is 11.2 Å². The molecule has 1 aromatic carbocycles. The molecule has 1 aliphatic rings. The third-order valence-electron chi connectivity index (χ3n) is 3.54. The van der Waals surface area contributed by atoms with Crippen LogP contribution in [0.2, 0.25) is 0 Å². The molecule has 3 nitrogen and oxygen atoms in total. The van der Waals surface area contributed by atoms with Crippen LogP contribution >= 0.6 is 15.9 Å². The summed E-state index contributed by atoms with van der Waals surface area (Å²) in [5.41, 5.74) is 1.32. The van der Waals surface area contributed by atoms with Crippen LogP contribution in [-0.4, -0.2) is 35.6 Å². The number of aliphatic carboxylic acids is 1. The summed E-state index contributed by atoms with van der Waals surface area (Å²) in [4.78, 5) is 13.2. The maximum atomic E-state index is 10.9. The Morgan fingerprint density at radius 3 is 2.72 bits per heavy atom. The number of hydrogen-bond acceptors (Lipinski definition) is 2. The lowest BCUT2D eigenvalue weighted by Gasteiger charge is -2.29. The van der Waals surface area contributed by atoms with E-state index in [1.807, 2.05) is 6.07 Å². The second kappa shape index (κ2) is 6.34. The first-order valence-corrected chi connectivity index (χ1v) is 7.14. The van der Waals surface area contributed by atoms with Crippen LogP contribution in [0.1, 0.15) is 18.4 Å². The predicted octanol–water partition coefficient (Wildman–Crippen LogP) is 2.79. The van der Waals surface area contributed by atoms with Gasteiger partial charge in [0.25, 0.3) is 0 Å². The van der Waals surface area contributed by atoms with Crippen LogP contribution in [0.4, 0.5) is 0 Å². The van der Waals surface area contributed by atoms with Crippen molar-refractivity contribution < 1.29 is 9.90 Å². The maximum absolute atomic E-state index is 10.9. The topological polar surface area (TPSA) is 40.5 Å². The first kappa shape index (κ1) is 13.6. The molecule has 0 unspecified atom stereocenters. The van der Waals surface area contributed by atoms with Crippen LogP contribution in [0.5, 0.6) is 0 Å². The molecular formula is C14H18BrNO2. The lowest BCUT2D eigenvalue weighted by molar-refractivity contribution is -0.143. The van der Waals surface area contributed by atoms with E-state index >= 15 is 0 Å². The number of benzene rings is 1. The van der Waals surface area contributed by atoms with Gasteiger partial charge in [0.15, 0.2) is 0 Å². The molecule has 0 atom stereocenters. The fourth-order valence-electron chi connectivity index (χ4n) is 2.38. The molecule has 2 rings (SSSR count). The summed E-state index contributed by atoms with van der Waals surface area (Å²) in [5, 5.41) is 8.94. The van der Waals surface area contributed by atoms with Gasteiger partial charge in [-0.2, -0.15) is 0 Å². The van der Waals surface area contributed by atoms with E-state index in [4.69, 9.17) is 5.11 Å². The van der Waals surface area contributed by atoms with Crippen molar-refractivity contribution in [3.05, 3.63) is 34.3 Å². The van der Waals surface area contributed by atoms with Gasteiger partial charge in [-0.15, -0.1) is 0 Å². The van der Waals surface area contributed by atoms with Crippen molar-refractivity contribution in [3.63, 3.8) is 0 Å². The van der Waals surface area contributed by atoms with Gasteiger partial charge in [-0.25, -0.2) is 0 Å². The summed E-state index contributed by atoms with van der Waals surface area (Å²) in [6.07, 6.45) is 2.60. The standard InChI is InChI=1S/C14H18BrNO2/c15-13-3-1-2-11(10-13)4-7-16-8-5-12(6-9-16)14(17)18/h1-3,10,12H,4-9H2,(H,17,18). The summed E-state index contributed by atoms with van der Waals surface area (Å²) in [6.45, 7) is 2.83. The fourth-order valence-corrected chi connectivity index (χ4v) is 2.83. The van der Waals surface area contributed by atoms with Gasteiger partial charge >= 0.3 is 5.97 Å². The predicted molar refractivity (Wildman–Crippen MR) is 74.6 cm³/mol. The van der Waals surface area contributed by atoms with Crippen molar-refractivity contribution in [2.24, 2.45) is 5.92 Å². The molecule has 0 radical (unpaired) electrons. The zero-order valence-corrected chi connectivity index (χ0v) is 11.9. The smallest absolute Gasteiger partial charge is 0.306 e. The minimum absolute atomic E-state index is 0.132. The van der Waals surface area contributed by atoms with Gasteiger partial charge in [0.1, 0.15) is 0 Å². The van der Waals surface area contributed by atoms with E-state index in [0.717, 1.165) is 43.4 Å². The highest BCUT2D eigenvalue weighted by Crippen LogP contribution is 2.18. The van der Waals surface area contributed by atoms with E-state index < -0.39 is 5.97 Å². The number of hydrogen-bond donors (Lipinski definition) is 1. The van der Waals surface area contributed by atoms with E-state index in [2.05, 4.69) is 39.0 Å². The fraction of sp³-hybridized carbons (Fsp3) is 0.500. The van der Waals surface area contributed by atoms with Crippen LogP contribution < -0.4 is 0 Å². The van der Waals surface area contributed by atoms with Gasteiger partial charge in [0.05, 0.1) is 5.92 Å². The molecule has 0 spiro atoms. The van der Waals surface area contributed by atoms with Crippen molar-refractivity contribution >= 4 is 21.9 Å². The van der Waals surface area contributed by atoms with Gasteiger partial charge in [0, 0.05) is 11.0 Å². The van der Waals surface area contributed by atoms with E-state index in [0.29, 0.717) is 0 Å². The molecule has 18 heavy (non-hydrogen) atoms. The minimum Gasteiger partial charge on any atom is -0.481 e. The summed E-state index contributed by atoms with van der Waals surface area (Å²) in [7, 11) is 0. The molecule has 1 fully saturated rings. The third-order valence-corrected chi connectivity index (χ3v) is 4.04. The van der Waals surface area contributed by atoms with Crippen molar-refractivity contribution in [2.45, 2.75) is 19.3 Å². The molecule has 0 saturated carbocycles. The normalized spacial score (nSPS) is 17.8. The second-order valence-electron chi connectivity index (χ2n) is 4.83. The summed E-state index contributed by atoms with van der Waals surface area (Å²) >= 11 is 3.47. The van der Waals surface area contributed by atoms with Crippen molar-refractivity contribution in [2.75, 3.05) is 19.6 Å². The highest BCUT2D eigenvalue weighted by molar-refractivity contribution is 9.10. The maximum Gasteiger partial charge on any atom is 0.306 e. The first-order chi connectivity index (χ1) is 8.65. The molecule has 0 aromatic heterocycles. The Bertz CT molecular complexity index is 414. The lowest BCUT2D eigenvalue weighted by Crippen LogP contribution is -2.37. The molecule has 1 N–H and O–H groups in total. The van der Waals surface area contributed by atoms with Crippen LogP contribution in [0.15, 0.2) is 28.7 Å². The molecule has 0 amide bonds. The average Bonchev–Trinajstić information content (AvgIpc) is 2.37. The number of rotatable bonds is 4. The van der Waals surface area contributed by atoms with Crippen molar-refractivity contribution in [1.82, 2.24) is 4.90 Å². The molecule has 0 aliphatic carbocycles. The molecule has 0 bridgehead atoms. The van der Waals surface area contributed by atoms with Crippen molar-refractivity contribution in [3.8, 4) is 0 Å². The van der Waals surface area contributed by atoms with Gasteiger partial charge < -0.3 is 10.0 Å². The zero-order valence-electron chi connectivity index (χ0n) is 10.3. The lowest BCUT2D eigenvalue weighted by atomic mass is 9.97. The highest BCUT2D eigenvalue weighted by Gasteiger charge is 2.23. The number of likely N-dealkylation sites (tertiary alicyclic amines) is 1. The Labute approximate surface area is 116 Å². The molecule has 1 aliphatic heterocycles. The van der Waals surface area contributed by atoms with E-state index in [1.165, 1.54) is 5.56 Å². The minimum atomic E-state index is -0.637. The zero-order chi connectivity index (χ0) is 13.0. The molecular weight excluding hydrogens is 294 g/mol. The Hall–Kier alpha value is -0.870. The van der Waals surface area contributed by atoms with E-state index in [1.54, 1.807) is 0 Å². The van der Waals surface area contributed by atoms with Gasteiger partial charge in [-0.05, 0) is 50.0 Å². The largest absolute Gasteiger partial charge is 0.481 e. The van der Waals surface area contributed by atoms with Crippen molar-refractivity contribution in [1.29, 1.82) is 0 Å². The molecule has 1 heterocycles. The van der Waals surface area contributed by atoms with Crippen LogP contribution in [0, 0.1) is 5.92 Å². The average molecular weight is 312 g/mol. The molecule has 4 heteroatoms. The Kier molecular flexibility index (Phi) is 4.78. The van der Waals surface area contributed by atoms with Gasteiger partial charge in [-0.3, -0.25) is 4.79 Å². The van der Waals surface area contributed by atoms with Crippen LogP contribution in [0.3, 0.4) is 0 Å². The first-order valence-electron chi connectivity index (χ1n) is 6.35. The molecule has 1 saturated heterocycles. The number of carboxylic acid groups (broad SMARTS) is 1. The number of carboxylic acids is 1. The number of halogens is 1. The summed E-state index contributed by atoms with van der Waals surface area (Å²) in [6, 6.07) is 8.36. The van der Waals surface area contributed by atoms with Gasteiger partial charge in [0.2, 0.25) is 0 Å². The molecule has 98 valence electrons.